The second-order valence-corrected chi connectivity index (χ2v) is 2.58. The lowest BCUT2D eigenvalue weighted by Gasteiger charge is -2.20. The second-order valence-electron chi connectivity index (χ2n) is 2.58. The molecule has 1 aliphatic rings. The first-order valence-electron chi connectivity index (χ1n) is 3.75. The van der Waals surface area contributed by atoms with Crippen molar-refractivity contribution < 1.29 is 0 Å². The summed E-state index contributed by atoms with van der Waals surface area (Å²) >= 11 is 0. The molecular formula is C8H10N4. The topological polar surface area (TPSA) is 62.4 Å². The highest BCUT2D eigenvalue weighted by Crippen LogP contribution is 2.16. The Morgan fingerprint density at radius 1 is 1.42 bits per heavy atom. The van der Waals surface area contributed by atoms with Crippen LogP contribution in [0.15, 0.2) is 29.3 Å². The van der Waals surface area contributed by atoms with Crippen LogP contribution in [0.25, 0.3) is 0 Å². The van der Waals surface area contributed by atoms with Crippen molar-refractivity contribution in [2.24, 2.45) is 10.8 Å². The Morgan fingerprint density at radius 3 is 3.08 bits per heavy atom. The Labute approximate surface area is 70.5 Å². The minimum atomic E-state index is -0.208. The number of hydrogen-bond acceptors (Lipinski definition) is 4. The highest BCUT2D eigenvalue weighted by molar-refractivity contribution is 5.89. The standard InChI is InChI=1S/C8H10N4/c9-12-8-10-5-6-3-1-2-4-7(6)11-8/h1-5,8,11-12H,9H2. The van der Waals surface area contributed by atoms with Crippen molar-refractivity contribution in [3.63, 3.8) is 0 Å². The molecule has 0 aliphatic carbocycles. The van der Waals surface area contributed by atoms with Gasteiger partial charge < -0.3 is 5.32 Å². The maximum atomic E-state index is 5.23. The van der Waals surface area contributed by atoms with Gasteiger partial charge in [-0.3, -0.25) is 10.8 Å². The van der Waals surface area contributed by atoms with Gasteiger partial charge >= 0.3 is 0 Å². The minimum absolute atomic E-state index is 0.208. The molecule has 0 saturated carbocycles. The molecular weight excluding hydrogens is 152 g/mol. The zero-order valence-corrected chi connectivity index (χ0v) is 6.49. The number of para-hydroxylation sites is 1. The monoisotopic (exact) mass is 162 g/mol. The maximum Gasteiger partial charge on any atom is 0.185 e. The molecule has 0 aromatic heterocycles. The summed E-state index contributed by atoms with van der Waals surface area (Å²) in [5.41, 5.74) is 4.67. The van der Waals surface area contributed by atoms with Gasteiger partial charge in [0.25, 0.3) is 0 Å². The van der Waals surface area contributed by atoms with Crippen LogP contribution in [0.1, 0.15) is 5.56 Å². The van der Waals surface area contributed by atoms with Crippen molar-refractivity contribution in [1.82, 2.24) is 5.43 Å². The zero-order chi connectivity index (χ0) is 8.39. The molecule has 4 nitrogen and oxygen atoms in total. The fraction of sp³-hybridized carbons (Fsp3) is 0.125. The van der Waals surface area contributed by atoms with Gasteiger partial charge in [0.15, 0.2) is 6.29 Å². The SMILES string of the molecule is NNC1N=Cc2ccccc2N1. The Morgan fingerprint density at radius 2 is 2.25 bits per heavy atom. The van der Waals surface area contributed by atoms with Gasteiger partial charge in [-0.2, -0.15) is 0 Å². The molecule has 1 aromatic rings. The van der Waals surface area contributed by atoms with E-state index < -0.39 is 0 Å². The Kier molecular flexibility index (Phi) is 1.77. The number of rotatable bonds is 1. The van der Waals surface area contributed by atoms with E-state index >= 15 is 0 Å². The van der Waals surface area contributed by atoms with Crippen molar-refractivity contribution >= 4 is 11.9 Å². The highest BCUT2D eigenvalue weighted by atomic mass is 15.4. The predicted molar refractivity (Wildman–Crippen MR) is 48.8 cm³/mol. The number of fused-ring (bicyclic) bond motifs is 1. The van der Waals surface area contributed by atoms with Crippen molar-refractivity contribution in [1.29, 1.82) is 0 Å². The van der Waals surface area contributed by atoms with Crippen LogP contribution in [-0.4, -0.2) is 12.5 Å². The number of nitrogens with zero attached hydrogens (tertiary/aromatic N) is 1. The molecule has 62 valence electrons. The molecule has 0 amide bonds. The molecule has 4 heteroatoms. The lowest BCUT2D eigenvalue weighted by atomic mass is 10.2. The average Bonchev–Trinajstić information content (AvgIpc) is 2.17. The van der Waals surface area contributed by atoms with E-state index in [2.05, 4.69) is 15.7 Å². The zero-order valence-electron chi connectivity index (χ0n) is 6.49. The summed E-state index contributed by atoms with van der Waals surface area (Å²) < 4.78 is 0. The molecule has 0 spiro atoms. The van der Waals surface area contributed by atoms with Crippen molar-refractivity contribution in [2.45, 2.75) is 6.29 Å². The molecule has 0 radical (unpaired) electrons. The van der Waals surface area contributed by atoms with Crippen LogP contribution in [0, 0.1) is 0 Å². The molecule has 1 unspecified atom stereocenters. The molecule has 0 fully saturated rings. The third-order valence-electron chi connectivity index (χ3n) is 1.77. The number of anilines is 1. The average molecular weight is 162 g/mol. The van der Waals surface area contributed by atoms with Crippen LogP contribution < -0.4 is 16.6 Å². The number of aliphatic imine (C=N–C) groups is 1. The summed E-state index contributed by atoms with van der Waals surface area (Å²) in [6, 6.07) is 7.94. The summed E-state index contributed by atoms with van der Waals surface area (Å²) in [5.74, 6) is 5.23. The quantitative estimate of drug-likeness (QED) is 0.410. The first-order chi connectivity index (χ1) is 5.90. The molecule has 0 saturated heterocycles. The summed E-state index contributed by atoms with van der Waals surface area (Å²) in [6.07, 6.45) is 1.59. The predicted octanol–water partition coefficient (Wildman–Crippen LogP) is 0.278. The largest absolute Gasteiger partial charge is 0.350 e. The number of benzene rings is 1. The molecule has 0 bridgehead atoms. The van der Waals surface area contributed by atoms with E-state index in [1.54, 1.807) is 6.21 Å². The summed E-state index contributed by atoms with van der Waals surface area (Å²) in [7, 11) is 0. The smallest absolute Gasteiger partial charge is 0.185 e. The van der Waals surface area contributed by atoms with Crippen LogP contribution in [-0.2, 0) is 0 Å². The van der Waals surface area contributed by atoms with Gasteiger partial charge in [-0.05, 0) is 6.07 Å². The summed E-state index contributed by atoms with van der Waals surface area (Å²) in [4.78, 5) is 4.12. The molecule has 12 heavy (non-hydrogen) atoms. The normalized spacial score (nSPS) is 19.9. The van der Waals surface area contributed by atoms with Gasteiger partial charge in [-0.15, -0.1) is 0 Å². The van der Waals surface area contributed by atoms with E-state index in [1.807, 2.05) is 24.3 Å². The van der Waals surface area contributed by atoms with Crippen LogP contribution in [0.2, 0.25) is 0 Å². The Balaban J connectivity index is 2.33. The van der Waals surface area contributed by atoms with Crippen LogP contribution >= 0.6 is 0 Å². The Bertz CT molecular complexity index is 308. The van der Waals surface area contributed by atoms with E-state index in [1.165, 1.54) is 0 Å². The van der Waals surface area contributed by atoms with Gasteiger partial charge in [0, 0.05) is 17.5 Å². The molecule has 1 aliphatic heterocycles. The van der Waals surface area contributed by atoms with Gasteiger partial charge in [-0.1, -0.05) is 18.2 Å². The third kappa shape index (κ3) is 1.17. The molecule has 4 N–H and O–H groups in total. The highest BCUT2D eigenvalue weighted by Gasteiger charge is 2.09. The van der Waals surface area contributed by atoms with Gasteiger partial charge in [0.05, 0.1) is 0 Å². The lowest BCUT2D eigenvalue weighted by molar-refractivity contribution is 0.606. The summed E-state index contributed by atoms with van der Waals surface area (Å²) in [6.45, 7) is 0. The van der Waals surface area contributed by atoms with Crippen LogP contribution in [0.3, 0.4) is 0 Å². The van der Waals surface area contributed by atoms with Crippen molar-refractivity contribution in [3.05, 3.63) is 29.8 Å². The van der Waals surface area contributed by atoms with Crippen molar-refractivity contribution in [3.8, 4) is 0 Å². The summed E-state index contributed by atoms with van der Waals surface area (Å²) in [5, 5.41) is 3.11. The number of nitrogens with one attached hydrogen (secondary N) is 2. The fourth-order valence-electron chi connectivity index (χ4n) is 1.17. The third-order valence-corrected chi connectivity index (χ3v) is 1.77. The van der Waals surface area contributed by atoms with Crippen LogP contribution in [0.5, 0.6) is 0 Å². The second kappa shape index (κ2) is 2.92. The van der Waals surface area contributed by atoms with E-state index in [-0.39, 0.29) is 6.29 Å². The first-order valence-corrected chi connectivity index (χ1v) is 3.75. The van der Waals surface area contributed by atoms with Crippen LogP contribution in [0.4, 0.5) is 5.69 Å². The number of nitrogens with two attached hydrogens (primary N) is 1. The maximum absolute atomic E-state index is 5.23. The lowest BCUT2D eigenvalue weighted by Crippen LogP contribution is -2.41. The molecule has 1 atom stereocenters. The van der Waals surface area contributed by atoms with Gasteiger partial charge in [-0.25, -0.2) is 5.43 Å². The number of hydrazine groups is 1. The first kappa shape index (κ1) is 7.27. The minimum Gasteiger partial charge on any atom is -0.350 e. The van der Waals surface area contributed by atoms with E-state index in [0.717, 1.165) is 11.3 Å². The van der Waals surface area contributed by atoms with E-state index in [0.29, 0.717) is 0 Å². The fourth-order valence-corrected chi connectivity index (χ4v) is 1.17. The number of hydrogen-bond donors (Lipinski definition) is 3. The van der Waals surface area contributed by atoms with Crippen molar-refractivity contribution in [2.75, 3.05) is 5.32 Å². The Hall–Kier alpha value is -1.39. The molecule has 2 rings (SSSR count). The van der Waals surface area contributed by atoms with Gasteiger partial charge in [0.1, 0.15) is 0 Å². The van der Waals surface area contributed by atoms with E-state index in [4.69, 9.17) is 5.84 Å². The molecule has 1 aromatic carbocycles. The molecule has 1 heterocycles. The van der Waals surface area contributed by atoms with Gasteiger partial charge in [0.2, 0.25) is 0 Å². The van der Waals surface area contributed by atoms with E-state index in [9.17, 15) is 0 Å².